The second-order valence-corrected chi connectivity index (χ2v) is 6.86. The lowest BCUT2D eigenvalue weighted by atomic mass is 10.1. The van der Waals surface area contributed by atoms with E-state index in [0.29, 0.717) is 18.8 Å². The van der Waals surface area contributed by atoms with E-state index < -0.39 is 10.2 Å². The molecule has 6 heteroatoms. The van der Waals surface area contributed by atoms with Crippen LogP contribution in [0.3, 0.4) is 0 Å². The van der Waals surface area contributed by atoms with Crippen molar-refractivity contribution in [3.05, 3.63) is 29.8 Å². The van der Waals surface area contributed by atoms with Gasteiger partial charge in [-0.1, -0.05) is 24.6 Å². The maximum absolute atomic E-state index is 12.6. The van der Waals surface area contributed by atoms with Gasteiger partial charge < -0.3 is 5.32 Å². The van der Waals surface area contributed by atoms with Gasteiger partial charge >= 0.3 is 10.2 Å². The molecule has 112 valence electrons. The van der Waals surface area contributed by atoms with Crippen molar-refractivity contribution in [3.63, 3.8) is 0 Å². The van der Waals surface area contributed by atoms with Gasteiger partial charge in [-0.2, -0.15) is 12.7 Å². The van der Waals surface area contributed by atoms with Crippen molar-refractivity contribution in [1.82, 2.24) is 9.62 Å². The SMILES string of the molecule is CNCC1CCCCN1S(=O)(=O)Nc1ccccc1C. The molecule has 1 heterocycles. The summed E-state index contributed by atoms with van der Waals surface area (Å²) in [6, 6.07) is 7.47. The molecule has 0 radical (unpaired) electrons. The summed E-state index contributed by atoms with van der Waals surface area (Å²) in [7, 11) is -1.63. The Hall–Kier alpha value is -1.11. The van der Waals surface area contributed by atoms with E-state index in [-0.39, 0.29) is 6.04 Å². The lowest BCUT2D eigenvalue weighted by molar-refractivity contribution is 0.250. The zero-order valence-electron chi connectivity index (χ0n) is 12.1. The summed E-state index contributed by atoms with van der Waals surface area (Å²) in [4.78, 5) is 0. The molecule has 0 aromatic heterocycles. The van der Waals surface area contributed by atoms with Gasteiger partial charge in [0, 0.05) is 19.1 Å². The molecule has 5 nitrogen and oxygen atoms in total. The Balaban J connectivity index is 2.18. The normalized spacial score (nSPS) is 20.8. The predicted molar refractivity (Wildman–Crippen MR) is 82.0 cm³/mol. The molecule has 2 N–H and O–H groups in total. The molecule has 1 aromatic carbocycles. The summed E-state index contributed by atoms with van der Waals surface area (Å²) >= 11 is 0. The average Bonchev–Trinajstić information content (AvgIpc) is 2.42. The smallest absolute Gasteiger partial charge is 0.301 e. The highest BCUT2D eigenvalue weighted by Gasteiger charge is 2.31. The van der Waals surface area contributed by atoms with E-state index in [2.05, 4.69) is 10.0 Å². The van der Waals surface area contributed by atoms with Gasteiger partial charge in [-0.05, 0) is 38.4 Å². The van der Waals surface area contributed by atoms with Gasteiger partial charge in [0.05, 0.1) is 5.69 Å². The quantitative estimate of drug-likeness (QED) is 0.870. The average molecular weight is 297 g/mol. The number of anilines is 1. The fourth-order valence-electron chi connectivity index (χ4n) is 2.62. The first kappa shape index (κ1) is 15.3. The summed E-state index contributed by atoms with van der Waals surface area (Å²) < 4.78 is 29.5. The Morgan fingerprint density at radius 2 is 2.05 bits per heavy atom. The first-order valence-electron chi connectivity index (χ1n) is 7.04. The van der Waals surface area contributed by atoms with Crippen molar-refractivity contribution >= 4 is 15.9 Å². The largest absolute Gasteiger partial charge is 0.318 e. The molecule has 1 atom stereocenters. The molecule has 1 aromatic rings. The van der Waals surface area contributed by atoms with Gasteiger partial charge in [0.25, 0.3) is 0 Å². The second-order valence-electron chi connectivity index (χ2n) is 5.24. The molecular weight excluding hydrogens is 274 g/mol. The number of para-hydroxylation sites is 1. The number of rotatable bonds is 5. The molecule has 20 heavy (non-hydrogen) atoms. The van der Waals surface area contributed by atoms with Crippen molar-refractivity contribution in [1.29, 1.82) is 0 Å². The standard InChI is InChI=1S/C14H23N3O2S/c1-12-7-3-4-9-14(12)16-20(18,19)17-10-6-5-8-13(17)11-15-2/h3-4,7,9,13,15-16H,5-6,8,10-11H2,1-2H3. The summed E-state index contributed by atoms with van der Waals surface area (Å²) in [6.45, 7) is 3.18. The van der Waals surface area contributed by atoms with Gasteiger partial charge in [0.1, 0.15) is 0 Å². The number of nitrogens with zero attached hydrogens (tertiary/aromatic N) is 1. The van der Waals surface area contributed by atoms with Crippen molar-refractivity contribution in [2.24, 2.45) is 0 Å². The molecule has 0 aliphatic carbocycles. The van der Waals surface area contributed by atoms with Crippen LogP contribution >= 0.6 is 0 Å². The third kappa shape index (κ3) is 3.50. The van der Waals surface area contributed by atoms with E-state index in [1.54, 1.807) is 10.4 Å². The molecule has 1 aliphatic rings. The highest BCUT2D eigenvalue weighted by Crippen LogP contribution is 2.23. The third-order valence-corrected chi connectivity index (χ3v) is 5.28. The third-order valence-electron chi connectivity index (χ3n) is 3.71. The monoisotopic (exact) mass is 297 g/mol. The van der Waals surface area contributed by atoms with Crippen LogP contribution in [0.5, 0.6) is 0 Å². The van der Waals surface area contributed by atoms with Gasteiger partial charge in [-0.3, -0.25) is 4.72 Å². The number of hydrogen-bond donors (Lipinski definition) is 2. The van der Waals surface area contributed by atoms with Crippen LogP contribution in [0.4, 0.5) is 5.69 Å². The minimum absolute atomic E-state index is 0.0373. The zero-order valence-corrected chi connectivity index (χ0v) is 12.9. The number of nitrogens with one attached hydrogen (secondary N) is 2. The number of aryl methyl sites for hydroxylation is 1. The maximum atomic E-state index is 12.6. The van der Waals surface area contributed by atoms with E-state index in [0.717, 1.165) is 24.8 Å². The second kappa shape index (κ2) is 6.56. The Bertz CT molecular complexity index is 543. The summed E-state index contributed by atoms with van der Waals surface area (Å²) in [5.41, 5.74) is 1.58. The molecule has 0 spiro atoms. The number of hydrogen-bond acceptors (Lipinski definition) is 3. The van der Waals surface area contributed by atoms with Gasteiger partial charge in [0.15, 0.2) is 0 Å². The lowest BCUT2D eigenvalue weighted by Crippen LogP contribution is -2.50. The molecule has 2 rings (SSSR count). The van der Waals surface area contributed by atoms with Crippen LogP contribution in [-0.4, -0.2) is 38.9 Å². The first-order chi connectivity index (χ1) is 9.54. The Morgan fingerprint density at radius 3 is 2.75 bits per heavy atom. The lowest BCUT2D eigenvalue weighted by Gasteiger charge is -2.34. The van der Waals surface area contributed by atoms with Crippen LogP contribution in [0.15, 0.2) is 24.3 Å². The number of likely N-dealkylation sites (N-methyl/N-ethyl adjacent to an activating group) is 1. The molecule has 1 aliphatic heterocycles. The zero-order chi connectivity index (χ0) is 14.6. The topological polar surface area (TPSA) is 61.4 Å². The molecular formula is C14H23N3O2S. The minimum Gasteiger partial charge on any atom is -0.318 e. The van der Waals surface area contributed by atoms with E-state index in [1.165, 1.54) is 0 Å². The predicted octanol–water partition coefficient (Wildman–Crippen LogP) is 1.73. The molecule has 0 saturated carbocycles. The molecule has 1 fully saturated rings. The summed E-state index contributed by atoms with van der Waals surface area (Å²) in [6.07, 6.45) is 2.92. The fraction of sp³-hybridized carbons (Fsp3) is 0.571. The summed E-state index contributed by atoms with van der Waals surface area (Å²) in [5.74, 6) is 0. The Labute approximate surface area is 121 Å². The van der Waals surface area contributed by atoms with Crippen molar-refractivity contribution in [2.75, 3.05) is 24.9 Å². The van der Waals surface area contributed by atoms with E-state index in [9.17, 15) is 8.42 Å². The highest BCUT2D eigenvalue weighted by molar-refractivity contribution is 7.90. The first-order valence-corrected chi connectivity index (χ1v) is 8.48. The number of benzene rings is 1. The number of piperidine rings is 1. The van der Waals surface area contributed by atoms with Crippen molar-refractivity contribution in [3.8, 4) is 0 Å². The fourth-order valence-corrected chi connectivity index (χ4v) is 4.18. The van der Waals surface area contributed by atoms with Crippen LogP contribution in [-0.2, 0) is 10.2 Å². The van der Waals surface area contributed by atoms with E-state index in [4.69, 9.17) is 0 Å². The molecule has 0 bridgehead atoms. The Morgan fingerprint density at radius 1 is 1.30 bits per heavy atom. The van der Waals surface area contributed by atoms with Crippen LogP contribution in [0.1, 0.15) is 24.8 Å². The molecule has 1 saturated heterocycles. The molecule has 0 amide bonds. The van der Waals surface area contributed by atoms with Crippen LogP contribution < -0.4 is 10.0 Å². The summed E-state index contributed by atoms with van der Waals surface area (Å²) in [5, 5.41) is 3.08. The maximum Gasteiger partial charge on any atom is 0.301 e. The highest BCUT2D eigenvalue weighted by atomic mass is 32.2. The Kier molecular flexibility index (Phi) is 5.01. The van der Waals surface area contributed by atoms with Crippen molar-refractivity contribution < 1.29 is 8.42 Å². The van der Waals surface area contributed by atoms with Gasteiger partial charge in [-0.25, -0.2) is 0 Å². The molecule has 1 unspecified atom stereocenters. The van der Waals surface area contributed by atoms with Crippen LogP contribution in [0.25, 0.3) is 0 Å². The van der Waals surface area contributed by atoms with Gasteiger partial charge in [-0.15, -0.1) is 0 Å². The van der Waals surface area contributed by atoms with E-state index >= 15 is 0 Å². The van der Waals surface area contributed by atoms with Crippen molar-refractivity contribution in [2.45, 2.75) is 32.2 Å². The van der Waals surface area contributed by atoms with Crippen LogP contribution in [0, 0.1) is 6.92 Å². The van der Waals surface area contributed by atoms with Crippen LogP contribution in [0.2, 0.25) is 0 Å². The van der Waals surface area contributed by atoms with Gasteiger partial charge in [0.2, 0.25) is 0 Å². The van der Waals surface area contributed by atoms with E-state index in [1.807, 2.05) is 32.2 Å². The minimum atomic E-state index is -3.49.